The summed E-state index contributed by atoms with van der Waals surface area (Å²) in [5, 5.41) is 33.6. The highest BCUT2D eigenvalue weighted by Gasteiger charge is 2.84. The molecule has 34 heavy (non-hydrogen) atoms. The average molecular weight is 471 g/mol. The number of quaternary nitrogens is 1. The number of hydrogen-bond donors (Lipinski definition) is 4. The lowest BCUT2D eigenvalue weighted by atomic mass is 9.33. The lowest BCUT2D eigenvalue weighted by Crippen LogP contribution is -3.21. The molecule has 186 valence electrons. The Kier molecular flexibility index (Phi) is 4.07. The van der Waals surface area contributed by atoms with Crippen molar-refractivity contribution >= 4 is 0 Å². The molecular formula is C28H40NO5+. The molecule has 0 amide bonds. The van der Waals surface area contributed by atoms with Crippen molar-refractivity contribution in [2.24, 2.45) is 22.7 Å². The second kappa shape index (κ2) is 6.31. The first-order valence-corrected chi connectivity index (χ1v) is 13.4. The van der Waals surface area contributed by atoms with Crippen LogP contribution in [0.4, 0.5) is 0 Å². The van der Waals surface area contributed by atoms with Crippen LogP contribution in [0.1, 0.15) is 77.3 Å². The van der Waals surface area contributed by atoms with Gasteiger partial charge in [-0.15, -0.1) is 0 Å². The number of fused-ring (bicyclic) bond motifs is 2. The molecule has 2 heterocycles. The number of benzene rings is 1. The summed E-state index contributed by atoms with van der Waals surface area (Å²) in [6.07, 6.45) is 6.76. The molecule has 1 aromatic carbocycles. The molecule has 8 atom stereocenters. The van der Waals surface area contributed by atoms with E-state index in [0.29, 0.717) is 18.2 Å². The van der Waals surface area contributed by atoms with Gasteiger partial charge in [0.1, 0.15) is 11.7 Å². The maximum atomic E-state index is 12.1. The van der Waals surface area contributed by atoms with Gasteiger partial charge < -0.3 is 19.8 Å². The summed E-state index contributed by atoms with van der Waals surface area (Å²) in [6, 6.07) is 4.36. The largest absolute Gasteiger partial charge is 0.504 e. The predicted octanol–water partition coefficient (Wildman–Crippen LogP) is 2.84. The standard InChI is InChI=1S/C28H39NO5/c1-24(2,3)25(4,31)19-14-26-9-10-28(19,34-32)23-27(26)11-12-29(15-16-5-6-16)20(26)13-17-7-8-18(30)22(33-23)21(17)27/h7-8,16,19-20,23,30-32H,5-6,9-15H2,1-4H3/p+1/t19-,20-,23-,25+,26-,27+,28?/m1/s1. The number of aliphatic hydroxyl groups is 1. The van der Waals surface area contributed by atoms with Crippen LogP contribution in [-0.4, -0.2) is 51.9 Å². The van der Waals surface area contributed by atoms with Crippen LogP contribution in [0.3, 0.4) is 0 Å². The second-order valence-electron chi connectivity index (χ2n) is 13.8. The molecule has 1 aromatic rings. The van der Waals surface area contributed by atoms with Gasteiger partial charge in [-0.05, 0) is 56.1 Å². The minimum Gasteiger partial charge on any atom is -0.504 e. The van der Waals surface area contributed by atoms with E-state index in [1.165, 1.54) is 30.5 Å². The third-order valence-corrected chi connectivity index (χ3v) is 11.8. The van der Waals surface area contributed by atoms with Gasteiger partial charge in [0.25, 0.3) is 0 Å². The van der Waals surface area contributed by atoms with E-state index in [4.69, 9.17) is 9.62 Å². The summed E-state index contributed by atoms with van der Waals surface area (Å²) >= 11 is 0. The van der Waals surface area contributed by atoms with E-state index in [1.54, 1.807) is 11.0 Å². The Bertz CT molecular complexity index is 1060. The fourth-order valence-electron chi connectivity index (χ4n) is 9.62. The van der Waals surface area contributed by atoms with Crippen LogP contribution in [0, 0.1) is 22.7 Å². The molecule has 0 aromatic heterocycles. The van der Waals surface area contributed by atoms with Crippen LogP contribution in [-0.2, 0) is 16.7 Å². The number of aromatic hydroxyl groups is 1. The summed E-state index contributed by atoms with van der Waals surface area (Å²) in [5.74, 6) is 1.39. The Morgan fingerprint density at radius 1 is 1.15 bits per heavy atom. The molecule has 4 saturated carbocycles. The molecule has 5 fully saturated rings. The molecule has 4 N–H and O–H groups in total. The summed E-state index contributed by atoms with van der Waals surface area (Å²) in [4.78, 5) is 7.30. The highest BCUT2D eigenvalue weighted by atomic mass is 17.1. The number of likely N-dealkylation sites (tertiary alicyclic amines) is 1. The van der Waals surface area contributed by atoms with E-state index in [-0.39, 0.29) is 22.5 Å². The molecule has 7 aliphatic rings. The maximum absolute atomic E-state index is 12.1. The molecule has 6 nitrogen and oxygen atoms in total. The highest BCUT2D eigenvalue weighted by Crippen LogP contribution is 2.76. The molecule has 4 bridgehead atoms. The molecule has 2 unspecified atom stereocenters. The first kappa shape index (κ1) is 21.9. The van der Waals surface area contributed by atoms with E-state index in [9.17, 15) is 15.5 Å². The molecule has 5 aliphatic carbocycles. The second-order valence-corrected chi connectivity index (χ2v) is 13.8. The summed E-state index contributed by atoms with van der Waals surface area (Å²) in [7, 11) is 0. The normalized spacial score (nSPS) is 45.5. The van der Waals surface area contributed by atoms with Gasteiger partial charge in [-0.25, -0.2) is 4.89 Å². The summed E-state index contributed by atoms with van der Waals surface area (Å²) < 4.78 is 6.74. The van der Waals surface area contributed by atoms with Crippen molar-refractivity contribution in [1.29, 1.82) is 0 Å². The first-order chi connectivity index (χ1) is 16.0. The van der Waals surface area contributed by atoms with Crippen molar-refractivity contribution in [3.8, 4) is 11.5 Å². The van der Waals surface area contributed by atoms with Crippen LogP contribution in [0.5, 0.6) is 11.5 Å². The Morgan fingerprint density at radius 2 is 1.91 bits per heavy atom. The Hall–Kier alpha value is -1.34. The zero-order valence-corrected chi connectivity index (χ0v) is 21.0. The van der Waals surface area contributed by atoms with E-state index >= 15 is 0 Å². The van der Waals surface area contributed by atoms with Crippen LogP contribution in [0.2, 0.25) is 0 Å². The number of nitrogens with one attached hydrogen (secondary N) is 1. The number of phenols is 1. The molecule has 2 aliphatic heterocycles. The van der Waals surface area contributed by atoms with Crippen molar-refractivity contribution in [2.75, 3.05) is 13.1 Å². The zero-order valence-electron chi connectivity index (χ0n) is 21.0. The van der Waals surface area contributed by atoms with Crippen molar-refractivity contribution < 1.29 is 30.0 Å². The number of phenolic OH excluding ortho intramolecular Hbond substituents is 1. The van der Waals surface area contributed by atoms with Gasteiger partial charge in [-0.3, -0.25) is 5.26 Å². The van der Waals surface area contributed by atoms with Gasteiger partial charge in [0, 0.05) is 35.7 Å². The summed E-state index contributed by atoms with van der Waals surface area (Å²) in [6.45, 7) is 10.5. The van der Waals surface area contributed by atoms with Crippen molar-refractivity contribution in [3.63, 3.8) is 0 Å². The molecule has 0 radical (unpaired) electrons. The maximum Gasteiger partial charge on any atom is 0.165 e. The molecule has 1 saturated heterocycles. The van der Waals surface area contributed by atoms with Gasteiger partial charge in [0.15, 0.2) is 11.5 Å². The first-order valence-electron chi connectivity index (χ1n) is 13.4. The van der Waals surface area contributed by atoms with Gasteiger partial charge >= 0.3 is 0 Å². The Morgan fingerprint density at radius 3 is 2.59 bits per heavy atom. The quantitative estimate of drug-likeness (QED) is 0.402. The van der Waals surface area contributed by atoms with E-state index in [2.05, 4.69) is 26.8 Å². The Balaban J connectivity index is 1.47. The fraction of sp³-hybridized carbons (Fsp3) is 0.786. The van der Waals surface area contributed by atoms with Crippen LogP contribution < -0.4 is 9.64 Å². The van der Waals surface area contributed by atoms with Crippen molar-refractivity contribution in [3.05, 3.63) is 23.3 Å². The topological polar surface area (TPSA) is 83.6 Å². The minimum atomic E-state index is -1.06. The number of rotatable bonds is 4. The average Bonchev–Trinajstić information content (AvgIpc) is 3.53. The van der Waals surface area contributed by atoms with Gasteiger partial charge in [0.05, 0.1) is 30.1 Å². The molecular weight excluding hydrogens is 430 g/mol. The predicted molar refractivity (Wildman–Crippen MR) is 126 cm³/mol. The van der Waals surface area contributed by atoms with E-state index < -0.39 is 22.7 Å². The lowest BCUT2D eigenvalue weighted by Gasteiger charge is -2.73. The number of ether oxygens (including phenoxy) is 1. The molecule has 6 heteroatoms. The number of hydrogen-bond acceptors (Lipinski definition) is 5. The lowest BCUT2D eigenvalue weighted by molar-refractivity contribution is -0.946. The van der Waals surface area contributed by atoms with Crippen LogP contribution >= 0.6 is 0 Å². The monoisotopic (exact) mass is 470 g/mol. The number of piperidine rings is 1. The van der Waals surface area contributed by atoms with Gasteiger partial charge in [0.2, 0.25) is 0 Å². The third kappa shape index (κ3) is 2.24. The molecule has 2 spiro atoms. The highest BCUT2D eigenvalue weighted by molar-refractivity contribution is 5.62. The van der Waals surface area contributed by atoms with Crippen LogP contribution in [0.25, 0.3) is 0 Å². The minimum absolute atomic E-state index is 0.0353. The van der Waals surface area contributed by atoms with E-state index in [0.717, 1.165) is 38.1 Å². The van der Waals surface area contributed by atoms with Crippen molar-refractivity contribution in [1.82, 2.24) is 0 Å². The SMILES string of the molecule is CC(C)(C)[C@@](C)(O)[C@H]1C[C@@]23CCC1(OO)[C@@H]1Oc4c(O)ccc5c4[C@@]12CC[NH+](CC1CC1)[C@@H]3C5. The zero-order chi connectivity index (χ0) is 23.9. The van der Waals surface area contributed by atoms with Gasteiger partial charge in [-0.2, -0.15) is 0 Å². The van der Waals surface area contributed by atoms with E-state index in [1.807, 2.05) is 6.92 Å². The fourth-order valence-corrected chi connectivity index (χ4v) is 9.62. The summed E-state index contributed by atoms with van der Waals surface area (Å²) in [5.41, 5.74) is -0.279. The van der Waals surface area contributed by atoms with Crippen LogP contribution in [0.15, 0.2) is 12.1 Å². The Labute approximate surface area is 202 Å². The molecule has 8 rings (SSSR count). The van der Waals surface area contributed by atoms with Gasteiger partial charge in [-0.1, -0.05) is 26.8 Å². The smallest absolute Gasteiger partial charge is 0.165 e. The van der Waals surface area contributed by atoms with Crippen molar-refractivity contribution in [2.45, 2.75) is 101 Å². The third-order valence-electron chi connectivity index (χ3n) is 11.8.